The molecule has 0 bridgehead atoms. The maximum absolute atomic E-state index is 5.31. The summed E-state index contributed by atoms with van der Waals surface area (Å²) < 4.78 is 0. The lowest BCUT2D eigenvalue weighted by molar-refractivity contribution is 0.753. The summed E-state index contributed by atoms with van der Waals surface area (Å²) in [7, 11) is 0. The molecule has 4 nitrogen and oxygen atoms in total. The molecule has 1 aliphatic heterocycles. The van der Waals surface area contributed by atoms with E-state index < -0.39 is 5.41 Å². The van der Waals surface area contributed by atoms with E-state index in [1.165, 1.54) is 44.2 Å². The lowest BCUT2D eigenvalue weighted by Gasteiger charge is -2.45. The van der Waals surface area contributed by atoms with Crippen LogP contribution < -0.4 is 4.90 Å². The maximum atomic E-state index is 5.31. The minimum atomic E-state index is -0.640. The molecule has 60 heavy (non-hydrogen) atoms. The molecule has 10 aromatic rings. The van der Waals surface area contributed by atoms with Gasteiger partial charge in [-0.2, -0.15) is 0 Å². The minimum Gasteiger partial charge on any atom is -0.310 e. The van der Waals surface area contributed by atoms with Crippen LogP contribution in [0, 0.1) is 0 Å². The lowest BCUT2D eigenvalue weighted by atomic mass is 9.64. The van der Waals surface area contributed by atoms with E-state index in [1.807, 2.05) is 36.4 Å². The van der Waals surface area contributed by atoms with Crippen molar-refractivity contribution in [3.05, 3.63) is 241 Å². The summed E-state index contributed by atoms with van der Waals surface area (Å²) >= 11 is 0. The summed E-state index contributed by atoms with van der Waals surface area (Å²) in [6.45, 7) is 0. The second-order valence-corrected chi connectivity index (χ2v) is 15.5. The van der Waals surface area contributed by atoms with Gasteiger partial charge in [0.05, 0.1) is 16.8 Å². The molecule has 0 saturated carbocycles. The molecule has 0 N–H and O–H groups in total. The van der Waals surface area contributed by atoms with Gasteiger partial charge in [0.15, 0.2) is 17.5 Å². The van der Waals surface area contributed by atoms with Crippen LogP contribution in [0.5, 0.6) is 0 Å². The van der Waals surface area contributed by atoms with Gasteiger partial charge in [-0.05, 0) is 91.7 Å². The molecule has 9 aromatic carbocycles. The lowest BCUT2D eigenvalue weighted by Crippen LogP contribution is -2.36. The Hall–Kier alpha value is -7.95. The average molecular weight is 765 g/mol. The first-order valence-electron chi connectivity index (χ1n) is 20.4. The molecule has 2 aliphatic rings. The van der Waals surface area contributed by atoms with Crippen LogP contribution in [0.3, 0.4) is 0 Å². The van der Waals surface area contributed by atoms with Crippen LogP contribution in [0.25, 0.3) is 67.2 Å². The fraction of sp³-hybridized carbons (Fsp3) is 0.0179. The van der Waals surface area contributed by atoms with Crippen molar-refractivity contribution in [3.8, 4) is 56.4 Å². The van der Waals surface area contributed by atoms with E-state index in [0.29, 0.717) is 17.5 Å². The molecule has 0 amide bonds. The van der Waals surface area contributed by atoms with E-state index in [0.717, 1.165) is 44.9 Å². The molecule has 4 heteroatoms. The number of fused-ring (bicyclic) bond motifs is 10. The number of nitrogens with zero attached hydrogens (tertiary/aromatic N) is 4. The number of hydrogen-bond acceptors (Lipinski definition) is 4. The SMILES string of the molecule is c1ccc(-c2nc(-c3ccccc3)nc(-c3cccc4c3-c3cc(-c5ccc6ccccc6c5)ccc3C43c4ccccc4N(c4ccccc4)c4ccccc43)n2)cc1. The highest BCUT2D eigenvalue weighted by Crippen LogP contribution is 2.64. The fourth-order valence-corrected chi connectivity index (χ4v) is 9.72. The van der Waals surface area contributed by atoms with Crippen LogP contribution in [-0.4, -0.2) is 15.0 Å². The predicted molar refractivity (Wildman–Crippen MR) is 245 cm³/mol. The first-order valence-corrected chi connectivity index (χ1v) is 20.4. The number of anilines is 3. The Bertz CT molecular complexity index is 3160. The van der Waals surface area contributed by atoms with Crippen molar-refractivity contribution < 1.29 is 0 Å². The van der Waals surface area contributed by atoms with Crippen molar-refractivity contribution in [1.82, 2.24) is 15.0 Å². The second-order valence-electron chi connectivity index (χ2n) is 15.5. The summed E-state index contributed by atoms with van der Waals surface area (Å²) in [4.78, 5) is 18.1. The van der Waals surface area contributed by atoms with Crippen LogP contribution in [0.4, 0.5) is 17.1 Å². The van der Waals surface area contributed by atoms with Gasteiger partial charge in [0, 0.05) is 22.4 Å². The highest BCUT2D eigenvalue weighted by molar-refractivity contribution is 6.01. The summed E-state index contributed by atoms with van der Waals surface area (Å²) in [5, 5.41) is 2.45. The Morgan fingerprint density at radius 1 is 0.317 bits per heavy atom. The van der Waals surface area contributed by atoms with E-state index in [-0.39, 0.29) is 0 Å². The molecule has 1 aliphatic carbocycles. The van der Waals surface area contributed by atoms with Crippen molar-refractivity contribution in [2.45, 2.75) is 5.41 Å². The van der Waals surface area contributed by atoms with Crippen molar-refractivity contribution in [1.29, 1.82) is 0 Å². The molecular formula is C56H36N4. The standard InChI is InChI=1S/C56H36N4/c1-4-18-38(19-5-1)53-57-54(39-20-6-2-7-21-39)59-55(58-53)44-25-16-28-49-52(44)45-36-42(41-32-31-37-17-10-11-22-40(37)35-41)33-34-46(45)56(49)47-26-12-14-29-50(47)60(43-23-8-3-9-24-43)51-30-15-13-27-48(51)56/h1-36H. The molecule has 0 unspecified atom stereocenters. The molecule has 1 spiro atoms. The van der Waals surface area contributed by atoms with Crippen molar-refractivity contribution in [2.75, 3.05) is 4.90 Å². The van der Waals surface area contributed by atoms with E-state index >= 15 is 0 Å². The molecule has 12 rings (SSSR count). The largest absolute Gasteiger partial charge is 0.310 e. The van der Waals surface area contributed by atoms with Gasteiger partial charge in [0.2, 0.25) is 0 Å². The molecular weight excluding hydrogens is 729 g/mol. The Morgan fingerprint density at radius 3 is 1.50 bits per heavy atom. The highest BCUT2D eigenvalue weighted by Gasteiger charge is 2.52. The van der Waals surface area contributed by atoms with Gasteiger partial charge in [-0.25, -0.2) is 15.0 Å². The maximum Gasteiger partial charge on any atom is 0.164 e. The first-order chi connectivity index (χ1) is 29.8. The quantitative estimate of drug-likeness (QED) is 0.175. The fourth-order valence-electron chi connectivity index (χ4n) is 9.72. The van der Waals surface area contributed by atoms with E-state index in [4.69, 9.17) is 15.0 Å². The Labute approximate surface area is 348 Å². The van der Waals surface area contributed by atoms with Crippen LogP contribution in [0.2, 0.25) is 0 Å². The van der Waals surface area contributed by atoms with Crippen LogP contribution in [0.1, 0.15) is 22.3 Å². The number of benzene rings is 9. The molecule has 1 aromatic heterocycles. The van der Waals surface area contributed by atoms with Crippen LogP contribution in [-0.2, 0) is 5.41 Å². The van der Waals surface area contributed by atoms with Crippen LogP contribution >= 0.6 is 0 Å². The van der Waals surface area contributed by atoms with Gasteiger partial charge >= 0.3 is 0 Å². The molecule has 0 saturated heterocycles. The predicted octanol–water partition coefficient (Wildman–Crippen LogP) is 13.8. The molecule has 0 atom stereocenters. The van der Waals surface area contributed by atoms with Gasteiger partial charge in [-0.1, -0.05) is 182 Å². The number of rotatable bonds is 5. The first kappa shape index (κ1) is 34.1. The van der Waals surface area contributed by atoms with E-state index in [9.17, 15) is 0 Å². The smallest absolute Gasteiger partial charge is 0.164 e. The summed E-state index contributed by atoms with van der Waals surface area (Å²) in [6, 6.07) is 78.2. The highest BCUT2D eigenvalue weighted by atomic mass is 15.2. The summed E-state index contributed by atoms with van der Waals surface area (Å²) in [5.41, 5.74) is 15.2. The average Bonchev–Trinajstić information content (AvgIpc) is 3.62. The van der Waals surface area contributed by atoms with Gasteiger partial charge in [0.25, 0.3) is 0 Å². The topological polar surface area (TPSA) is 41.9 Å². The third kappa shape index (κ3) is 5.14. The van der Waals surface area contributed by atoms with Crippen LogP contribution in [0.15, 0.2) is 218 Å². The van der Waals surface area contributed by atoms with Crippen molar-refractivity contribution in [3.63, 3.8) is 0 Å². The zero-order valence-electron chi connectivity index (χ0n) is 32.6. The molecule has 2 heterocycles. The molecule has 0 fully saturated rings. The number of aromatic nitrogens is 3. The Morgan fingerprint density at radius 2 is 0.833 bits per heavy atom. The molecule has 0 radical (unpaired) electrons. The second kappa shape index (κ2) is 13.6. The Kier molecular flexibility index (Phi) is 7.72. The van der Waals surface area contributed by atoms with E-state index in [2.05, 4.69) is 187 Å². The zero-order chi connectivity index (χ0) is 39.6. The van der Waals surface area contributed by atoms with Crippen molar-refractivity contribution >= 4 is 27.8 Å². The van der Waals surface area contributed by atoms with Crippen molar-refractivity contribution in [2.24, 2.45) is 0 Å². The summed E-state index contributed by atoms with van der Waals surface area (Å²) in [6.07, 6.45) is 0. The Balaban J connectivity index is 1.18. The summed E-state index contributed by atoms with van der Waals surface area (Å²) in [5.74, 6) is 1.92. The number of para-hydroxylation sites is 3. The third-order valence-electron chi connectivity index (χ3n) is 12.3. The normalized spacial score (nSPS) is 13.1. The van der Waals surface area contributed by atoms with Gasteiger partial charge in [0.1, 0.15) is 0 Å². The number of hydrogen-bond donors (Lipinski definition) is 0. The van der Waals surface area contributed by atoms with Gasteiger partial charge < -0.3 is 4.90 Å². The van der Waals surface area contributed by atoms with Gasteiger partial charge in [-0.3, -0.25) is 0 Å². The zero-order valence-corrected chi connectivity index (χ0v) is 32.6. The minimum absolute atomic E-state index is 0.640. The molecule has 280 valence electrons. The third-order valence-corrected chi connectivity index (χ3v) is 12.3. The van der Waals surface area contributed by atoms with E-state index in [1.54, 1.807) is 0 Å². The van der Waals surface area contributed by atoms with Gasteiger partial charge in [-0.15, -0.1) is 0 Å². The monoisotopic (exact) mass is 764 g/mol.